The van der Waals surface area contributed by atoms with Gasteiger partial charge in [-0.15, -0.1) is 6.58 Å². The van der Waals surface area contributed by atoms with Crippen molar-refractivity contribution in [1.29, 1.82) is 0 Å². The molecule has 3 atom stereocenters. The van der Waals surface area contributed by atoms with Crippen molar-refractivity contribution in [3.05, 3.63) is 115 Å². The minimum absolute atomic E-state index is 0. The van der Waals surface area contributed by atoms with E-state index in [1.165, 1.54) is 38.4 Å². The third-order valence-corrected chi connectivity index (χ3v) is 8.84. The second kappa shape index (κ2) is 47.1. The fourth-order valence-electron chi connectivity index (χ4n) is 5.41. The molecule has 5 N–H and O–H groups in total. The van der Waals surface area contributed by atoms with Crippen LogP contribution in [0, 0.1) is 11.8 Å². The fraction of sp³-hybridized carbons (Fsp3) is 0.554. The van der Waals surface area contributed by atoms with E-state index in [2.05, 4.69) is 34.4 Å². The molecule has 0 unspecified atom stereocenters. The van der Waals surface area contributed by atoms with Crippen molar-refractivity contribution in [3.63, 3.8) is 0 Å². The molecule has 420 valence electrons. The van der Waals surface area contributed by atoms with E-state index in [1.54, 1.807) is 19.9 Å². The van der Waals surface area contributed by atoms with Crippen LogP contribution < -0.4 is 25.3 Å². The number of halogens is 2. The number of nitrogens with one attached hydrogen (secondary N) is 1. The number of carbonyl (C=O) groups excluding carboxylic acids is 1. The number of ether oxygens (including phenoxy) is 4. The molecule has 0 saturated carbocycles. The smallest absolute Gasteiger partial charge is 0.323 e. The third-order valence-electron chi connectivity index (χ3n) is 8.39. The van der Waals surface area contributed by atoms with E-state index in [1.807, 2.05) is 135 Å². The van der Waals surface area contributed by atoms with Gasteiger partial charge in [-0.3, -0.25) is 18.8 Å². The Morgan fingerprint density at radius 1 is 0.653 bits per heavy atom. The summed E-state index contributed by atoms with van der Waals surface area (Å²) in [6, 6.07) is 22.1. The summed E-state index contributed by atoms with van der Waals surface area (Å²) in [5, 5.41) is 21.8. The van der Waals surface area contributed by atoms with E-state index in [4.69, 9.17) is 36.3 Å². The number of alkyl halides is 2. The summed E-state index contributed by atoms with van der Waals surface area (Å²) in [6.45, 7) is 31.0. The normalized spacial score (nSPS) is 12.3. The second-order valence-corrected chi connectivity index (χ2v) is 19.1. The van der Waals surface area contributed by atoms with Gasteiger partial charge in [0.05, 0.1) is 20.4 Å². The minimum atomic E-state index is -1.00. The van der Waals surface area contributed by atoms with Crippen molar-refractivity contribution < 1.29 is 49.3 Å². The van der Waals surface area contributed by atoms with Gasteiger partial charge in [0.25, 0.3) is 0 Å². The van der Waals surface area contributed by atoms with Crippen LogP contribution in [0.25, 0.3) is 0 Å². The van der Waals surface area contributed by atoms with Crippen LogP contribution in [0.3, 0.4) is 0 Å². The molecule has 1 saturated heterocycles. The first-order chi connectivity index (χ1) is 31.2. The molecule has 0 aromatic heterocycles. The average Bonchev–Trinajstić information content (AvgIpc) is 3.25. The molecule has 3 aromatic carbocycles. The molecule has 0 bridgehead atoms. The van der Waals surface area contributed by atoms with Crippen LogP contribution in [-0.2, 0) is 38.4 Å². The maximum absolute atomic E-state index is 11.5. The predicted octanol–water partition coefficient (Wildman–Crippen LogP) is 13.9. The highest BCUT2D eigenvalue weighted by Crippen LogP contribution is 2.22. The summed E-state index contributed by atoms with van der Waals surface area (Å²) in [7, 11) is -1.00. The number of hydrogen-bond acceptors (Lipinski definition) is 9. The van der Waals surface area contributed by atoms with Crippen LogP contribution >= 0.6 is 56.4 Å². The number of benzene rings is 3. The average molecular weight is 1140 g/mol. The number of carboxylic acid groups (broad SMARTS) is 2. The molecule has 4 rings (SSSR count). The summed E-state index contributed by atoms with van der Waals surface area (Å²) in [5.74, 6) is -0.244. The van der Waals surface area contributed by atoms with Crippen molar-refractivity contribution in [1.82, 2.24) is 5.32 Å². The lowest BCUT2D eigenvalue weighted by atomic mass is 10.0. The van der Waals surface area contributed by atoms with Gasteiger partial charge in [-0.25, -0.2) is 0 Å². The number of piperidine rings is 1. The molecule has 11 nitrogen and oxygen atoms in total. The number of rotatable bonds is 15. The maximum atomic E-state index is 11.5. The Labute approximate surface area is 468 Å². The van der Waals surface area contributed by atoms with Crippen molar-refractivity contribution in [2.45, 2.75) is 160 Å². The zero-order valence-corrected chi connectivity index (χ0v) is 47.7. The van der Waals surface area contributed by atoms with Crippen molar-refractivity contribution in [2.75, 3.05) is 32.2 Å². The molecule has 0 amide bonds. The first kappa shape index (κ1) is 82.4. The molecule has 1 aliphatic heterocycles. The molecule has 0 radical (unpaired) electrons. The molecule has 16 heteroatoms. The van der Waals surface area contributed by atoms with E-state index in [0.717, 1.165) is 39.3 Å². The van der Waals surface area contributed by atoms with Crippen LogP contribution in [-0.4, -0.2) is 83.1 Å². The van der Waals surface area contributed by atoms with Crippen LogP contribution in [0.1, 0.15) is 136 Å². The molecule has 1 aliphatic rings. The fourth-order valence-corrected chi connectivity index (χ4v) is 5.41. The van der Waals surface area contributed by atoms with Crippen molar-refractivity contribution in [2.24, 2.45) is 17.6 Å². The first-order valence-electron chi connectivity index (χ1n) is 23.0. The Morgan fingerprint density at radius 3 is 1.12 bits per heavy atom. The van der Waals surface area contributed by atoms with Gasteiger partial charge in [-0.1, -0.05) is 114 Å². The summed E-state index contributed by atoms with van der Waals surface area (Å²) >= 11 is 3.13. The number of hydrogen-bond donors (Lipinski definition) is 4. The van der Waals surface area contributed by atoms with Gasteiger partial charge in [-0.2, -0.15) is 40.5 Å². The highest BCUT2D eigenvalue weighted by atomic mass is 79.9. The van der Waals surface area contributed by atoms with Gasteiger partial charge in [-0.05, 0) is 161 Å². The monoisotopic (exact) mass is 1140 g/mol. The molecule has 3 aromatic rings. The number of nitrogens with two attached hydrogens (primary N) is 1. The molecular formula is C56H100BrFN2O9S3. The lowest BCUT2D eigenvalue weighted by molar-refractivity contribution is -0.144. The van der Waals surface area contributed by atoms with Crippen LogP contribution in [0.4, 0.5) is 4.39 Å². The van der Waals surface area contributed by atoms with Crippen LogP contribution in [0.5, 0.6) is 17.2 Å². The number of allylic oxidation sites excluding steroid dienone is 1. The SMILES string of the molecule is C.C.C.C1CCNCC1.C=CCBr.C=CCOC(=O)[C@@H](N)Cc1ccc(OC(C)(C)C)cc1.C[C@@H](Cc1ccc(OC(C)(C)C)cc1)C(=O)O.C[C@@H](Cc1ccc(OC(C)(C)C)cc1)C(=O)O.S.S.S.[2H]CF. The van der Waals surface area contributed by atoms with Crippen LogP contribution in [0.15, 0.2) is 98.1 Å². The Morgan fingerprint density at radius 2 is 0.931 bits per heavy atom. The summed E-state index contributed by atoms with van der Waals surface area (Å²) < 4.78 is 37.5. The van der Waals surface area contributed by atoms with Gasteiger partial charge in [0.15, 0.2) is 0 Å². The first-order valence-corrected chi connectivity index (χ1v) is 23.4. The largest absolute Gasteiger partial charge is 0.488 e. The topological polar surface area (TPSA) is 167 Å². The predicted molar refractivity (Wildman–Crippen MR) is 323 cm³/mol. The lowest BCUT2D eigenvalue weighted by Gasteiger charge is -2.21. The van der Waals surface area contributed by atoms with Crippen LogP contribution in [0.2, 0.25) is 0 Å². The highest BCUT2D eigenvalue weighted by molar-refractivity contribution is 9.09. The Kier molecular flexibility index (Phi) is 53.8. The van der Waals surface area contributed by atoms with E-state index >= 15 is 0 Å². The lowest BCUT2D eigenvalue weighted by Crippen LogP contribution is -2.34. The number of aliphatic carboxylic acids is 2. The highest BCUT2D eigenvalue weighted by Gasteiger charge is 2.17. The van der Waals surface area contributed by atoms with Crippen molar-refractivity contribution in [3.8, 4) is 17.2 Å². The number of carboxylic acids is 2. The van der Waals surface area contributed by atoms with Gasteiger partial charge in [0.1, 0.15) is 46.7 Å². The Hall–Kier alpha value is -3.67. The summed E-state index contributed by atoms with van der Waals surface area (Å²) in [5.41, 5.74) is 8.13. The molecule has 1 heterocycles. The van der Waals surface area contributed by atoms with E-state index in [-0.39, 0.29) is 98.0 Å². The minimum Gasteiger partial charge on any atom is -0.488 e. The third kappa shape index (κ3) is 48.6. The van der Waals surface area contributed by atoms with Gasteiger partial charge >= 0.3 is 17.9 Å². The molecule has 1 fully saturated rings. The quantitative estimate of drug-likeness (QED) is 0.0650. The van der Waals surface area contributed by atoms with Crippen molar-refractivity contribution >= 4 is 74.3 Å². The molecule has 0 spiro atoms. The van der Waals surface area contributed by atoms with E-state index < -0.39 is 31.1 Å². The second-order valence-electron chi connectivity index (χ2n) is 18.4. The zero-order valence-electron chi connectivity index (χ0n) is 44.1. The standard InChI is InChI=1S/C16H23NO3.2C14H20O3.C5H11N.C3H5Br.CH3F.3CH4.3H2S/c1-5-10-19-15(18)14(17)11-12-6-8-13(9-7-12)20-16(2,3)4;2*1-10(13(15)16)9-11-5-7-12(8-6-11)17-14(2,3)4;1-2-4-6-5-3-1;1-2-3-4;1-2;;;;;;/h5-9,14H,1,10-11,17H2,2-4H3;2*5-8,10H,9H2,1-4H3,(H,15,16);6H,1-5H2;2H,1,3H2;1H3;3*1H4;3*1H2/t14-;2*10-;;;;;;;;;/m000........./s1/i;;;;;1D;;;;;;. The Balaban J connectivity index is -0.000000124. The van der Waals surface area contributed by atoms with E-state index in [0.29, 0.717) is 19.3 Å². The molecule has 72 heavy (non-hydrogen) atoms. The zero-order chi connectivity index (χ0) is 51.6. The number of esters is 1. The van der Waals surface area contributed by atoms with Gasteiger partial charge < -0.3 is 40.2 Å². The molecule has 0 aliphatic carbocycles. The molecular weight excluding hydrogens is 1040 g/mol. The summed E-state index contributed by atoms with van der Waals surface area (Å²) in [4.78, 5) is 33.0. The Bertz CT molecular complexity index is 1720. The van der Waals surface area contributed by atoms with E-state index in [9.17, 15) is 18.8 Å². The maximum Gasteiger partial charge on any atom is 0.323 e. The van der Waals surface area contributed by atoms with Gasteiger partial charge in [0.2, 0.25) is 0 Å². The summed E-state index contributed by atoms with van der Waals surface area (Å²) in [6.07, 6.45) is 9.05. The number of carbonyl (C=O) groups is 3. The van der Waals surface area contributed by atoms with Gasteiger partial charge in [0, 0.05) is 5.33 Å².